The van der Waals surface area contributed by atoms with Crippen LogP contribution in [0, 0.1) is 0 Å². The van der Waals surface area contributed by atoms with Crippen molar-refractivity contribution < 1.29 is 19.4 Å². The van der Waals surface area contributed by atoms with Crippen molar-refractivity contribution in [3.63, 3.8) is 0 Å². The minimum Gasteiger partial charge on any atom is -0.479 e. The summed E-state index contributed by atoms with van der Waals surface area (Å²) in [6, 6.07) is 3.83. The number of rotatable bonds is 5. The first kappa shape index (κ1) is 12.6. The summed E-state index contributed by atoms with van der Waals surface area (Å²) in [5.74, 6) is -1.23. The third-order valence-corrected chi connectivity index (χ3v) is 2.92. The fraction of sp³-hybridized carbons (Fsp3) is 0.500. The Kier molecular flexibility index (Phi) is 3.99. The Hall–Kier alpha value is -1.82. The Morgan fingerprint density at radius 3 is 2.56 bits per heavy atom. The van der Waals surface area contributed by atoms with Crippen molar-refractivity contribution in [1.29, 1.82) is 0 Å². The SMILES string of the molecule is O=C(NCCn1cccc1)[C@@H]1CC[C@H](C(=O)O)O1. The van der Waals surface area contributed by atoms with E-state index < -0.39 is 18.2 Å². The van der Waals surface area contributed by atoms with E-state index in [2.05, 4.69) is 5.32 Å². The number of nitrogens with one attached hydrogen (secondary N) is 1. The third-order valence-electron chi connectivity index (χ3n) is 2.92. The molecule has 1 saturated heterocycles. The van der Waals surface area contributed by atoms with E-state index in [4.69, 9.17) is 9.84 Å². The highest BCUT2D eigenvalue weighted by atomic mass is 16.5. The third kappa shape index (κ3) is 3.10. The number of ether oxygens (including phenoxy) is 1. The van der Waals surface area contributed by atoms with Crippen LogP contribution in [-0.4, -0.2) is 40.3 Å². The van der Waals surface area contributed by atoms with Gasteiger partial charge in [-0.05, 0) is 25.0 Å². The minimum atomic E-state index is -1.00. The molecule has 98 valence electrons. The molecule has 2 heterocycles. The Bertz CT molecular complexity index is 416. The monoisotopic (exact) mass is 252 g/mol. The number of aliphatic carboxylic acids is 1. The van der Waals surface area contributed by atoms with Crippen molar-refractivity contribution in [2.75, 3.05) is 6.54 Å². The zero-order valence-corrected chi connectivity index (χ0v) is 9.91. The molecule has 0 aromatic carbocycles. The first-order valence-electron chi connectivity index (χ1n) is 5.93. The first-order chi connectivity index (χ1) is 8.66. The maximum atomic E-state index is 11.7. The normalized spacial score (nSPS) is 22.9. The number of hydrogen-bond donors (Lipinski definition) is 2. The van der Waals surface area contributed by atoms with Crippen LogP contribution in [0.1, 0.15) is 12.8 Å². The van der Waals surface area contributed by atoms with Crippen LogP contribution in [0.25, 0.3) is 0 Å². The van der Waals surface area contributed by atoms with E-state index in [-0.39, 0.29) is 5.91 Å². The lowest BCUT2D eigenvalue weighted by Crippen LogP contribution is -2.37. The smallest absolute Gasteiger partial charge is 0.332 e. The van der Waals surface area contributed by atoms with Gasteiger partial charge in [-0.1, -0.05) is 0 Å². The number of nitrogens with zero attached hydrogens (tertiary/aromatic N) is 1. The van der Waals surface area contributed by atoms with Gasteiger partial charge < -0.3 is 19.7 Å². The second-order valence-electron chi connectivity index (χ2n) is 4.24. The largest absolute Gasteiger partial charge is 0.479 e. The van der Waals surface area contributed by atoms with Gasteiger partial charge in [0.1, 0.15) is 6.10 Å². The van der Waals surface area contributed by atoms with Gasteiger partial charge in [0.15, 0.2) is 6.10 Å². The fourth-order valence-corrected chi connectivity index (χ4v) is 1.95. The molecule has 0 bridgehead atoms. The van der Waals surface area contributed by atoms with Crippen molar-refractivity contribution in [3.05, 3.63) is 24.5 Å². The van der Waals surface area contributed by atoms with Crippen LogP contribution in [0.5, 0.6) is 0 Å². The van der Waals surface area contributed by atoms with Gasteiger partial charge in [-0.25, -0.2) is 4.79 Å². The number of carboxylic acids is 1. The van der Waals surface area contributed by atoms with Crippen LogP contribution < -0.4 is 5.32 Å². The molecule has 1 fully saturated rings. The summed E-state index contributed by atoms with van der Waals surface area (Å²) in [4.78, 5) is 22.4. The molecule has 0 unspecified atom stereocenters. The summed E-state index contributed by atoms with van der Waals surface area (Å²) in [5, 5.41) is 11.5. The highest BCUT2D eigenvalue weighted by molar-refractivity contribution is 5.82. The van der Waals surface area contributed by atoms with E-state index >= 15 is 0 Å². The van der Waals surface area contributed by atoms with Crippen LogP contribution in [0.15, 0.2) is 24.5 Å². The van der Waals surface area contributed by atoms with Crippen LogP contribution >= 0.6 is 0 Å². The van der Waals surface area contributed by atoms with Gasteiger partial charge in [-0.3, -0.25) is 4.79 Å². The molecule has 2 N–H and O–H groups in total. The van der Waals surface area contributed by atoms with Gasteiger partial charge in [-0.15, -0.1) is 0 Å². The van der Waals surface area contributed by atoms with Crippen molar-refractivity contribution >= 4 is 11.9 Å². The molecule has 0 aliphatic carbocycles. The van der Waals surface area contributed by atoms with Gasteiger partial charge in [0, 0.05) is 25.5 Å². The molecule has 18 heavy (non-hydrogen) atoms. The van der Waals surface area contributed by atoms with Crippen molar-refractivity contribution in [1.82, 2.24) is 9.88 Å². The minimum absolute atomic E-state index is 0.231. The standard InChI is InChI=1S/C12H16N2O4/c15-11(9-3-4-10(18-9)12(16)17)13-5-8-14-6-1-2-7-14/h1-2,6-7,9-10H,3-5,8H2,(H,13,15)(H,16,17)/t9-,10+/m0/s1. The Labute approximate surface area is 105 Å². The second-order valence-corrected chi connectivity index (χ2v) is 4.24. The van der Waals surface area contributed by atoms with E-state index in [0.29, 0.717) is 25.9 Å². The van der Waals surface area contributed by atoms with Gasteiger partial charge in [0.05, 0.1) is 0 Å². The molecule has 0 spiro atoms. The molecule has 2 rings (SSSR count). The van der Waals surface area contributed by atoms with Crippen molar-refractivity contribution in [3.8, 4) is 0 Å². The number of carbonyl (C=O) groups excluding carboxylic acids is 1. The second kappa shape index (κ2) is 5.68. The maximum absolute atomic E-state index is 11.7. The predicted octanol–water partition coefficient (Wildman–Crippen LogP) is 0.236. The zero-order valence-electron chi connectivity index (χ0n) is 9.91. The summed E-state index contributed by atoms with van der Waals surface area (Å²) in [6.07, 6.45) is 3.22. The number of hydrogen-bond acceptors (Lipinski definition) is 3. The van der Waals surface area contributed by atoms with Crippen LogP contribution in [-0.2, 0) is 20.9 Å². The average molecular weight is 252 g/mol. The molecule has 1 aliphatic heterocycles. The number of carbonyl (C=O) groups is 2. The van der Waals surface area contributed by atoms with Crippen molar-refractivity contribution in [2.24, 2.45) is 0 Å². The molecule has 1 amide bonds. The molecule has 1 aliphatic rings. The topological polar surface area (TPSA) is 80.6 Å². The molecular formula is C12H16N2O4. The van der Waals surface area contributed by atoms with Gasteiger partial charge in [0.25, 0.3) is 0 Å². The number of amides is 1. The van der Waals surface area contributed by atoms with E-state index in [0.717, 1.165) is 0 Å². The Morgan fingerprint density at radius 2 is 1.94 bits per heavy atom. The summed E-state index contributed by atoms with van der Waals surface area (Å²) in [6.45, 7) is 1.19. The van der Waals surface area contributed by atoms with Gasteiger partial charge in [-0.2, -0.15) is 0 Å². The lowest BCUT2D eigenvalue weighted by atomic mass is 10.2. The fourth-order valence-electron chi connectivity index (χ4n) is 1.95. The summed E-state index contributed by atoms with van der Waals surface area (Å²) in [7, 11) is 0. The lowest BCUT2D eigenvalue weighted by Gasteiger charge is -2.12. The van der Waals surface area contributed by atoms with Crippen LogP contribution in [0.3, 0.4) is 0 Å². The van der Waals surface area contributed by atoms with Crippen LogP contribution in [0.4, 0.5) is 0 Å². The molecular weight excluding hydrogens is 236 g/mol. The molecule has 0 radical (unpaired) electrons. The summed E-state index contributed by atoms with van der Waals surface area (Å²) in [5.41, 5.74) is 0. The number of aromatic nitrogens is 1. The Morgan fingerprint density at radius 1 is 1.28 bits per heavy atom. The number of carboxylic acid groups (broad SMARTS) is 1. The molecule has 6 heteroatoms. The Balaban J connectivity index is 1.71. The highest BCUT2D eigenvalue weighted by Crippen LogP contribution is 2.19. The van der Waals surface area contributed by atoms with Crippen LogP contribution in [0.2, 0.25) is 0 Å². The lowest BCUT2D eigenvalue weighted by molar-refractivity contribution is -0.151. The zero-order chi connectivity index (χ0) is 13.0. The van der Waals surface area contributed by atoms with E-state index in [1.165, 1.54) is 0 Å². The van der Waals surface area contributed by atoms with E-state index in [9.17, 15) is 9.59 Å². The van der Waals surface area contributed by atoms with E-state index in [1.807, 2.05) is 29.1 Å². The molecule has 0 saturated carbocycles. The summed E-state index contributed by atoms with van der Waals surface area (Å²) < 4.78 is 7.11. The van der Waals surface area contributed by atoms with E-state index in [1.54, 1.807) is 0 Å². The molecule has 6 nitrogen and oxygen atoms in total. The van der Waals surface area contributed by atoms with Gasteiger partial charge in [0.2, 0.25) is 5.91 Å². The van der Waals surface area contributed by atoms with Gasteiger partial charge >= 0.3 is 5.97 Å². The first-order valence-corrected chi connectivity index (χ1v) is 5.93. The maximum Gasteiger partial charge on any atom is 0.332 e. The molecule has 2 atom stereocenters. The predicted molar refractivity (Wildman–Crippen MR) is 63.0 cm³/mol. The quantitative estimate of drug-likeness (QED) is 0.786. The molecule has 1 aromatic rings. The highest BCUT2D eigenvalue weighted by Gasteiger charge is 2.34. The molecule has 1 aromatic heterocycles. The average Bonchev–Trinajstić information content (AvgIpc) is 2.99. The van der Waals surface area contributed by atoms with Crippen molar-refractivity contribution in [2.45, 2.75) is 31.6 Å². The summed E-state index contributed by atoms with van der Waals surface area (Å²) >= 11 is 0.